The summed E-state index contributed by atoms with van der Waals surface area (Å²) in [6, 6.07) is 5.56. The van der Waals surface area contributed by atoms with E-state index in [2.05, 4.69) is 0 Å². The van der Waals surface area contributed by atoms with Gasteiger partial charge in [0.05, 0.1) is 5.92 Å². The quantitative estimate of drug-likeness (QED) is 0.845. The molecular formula is C13H11ClO3. The molecule has 0 amide bonds. The highest BCUT2D eigenvalue weighted by Crippen LogP contribution is 2.35. The van der Waals surface area contributed by atoms with Gasteiger partial charge in [-0.3, -0.25) is 4.79 Å². The van der Waals surface area contributed by atoms with Gasteiger partial charge in [-0.15, -0.1) is 0 Å². The molecule has 0 bridgehead atoms. The van der Waals surface area contributed by atoms with Crippen molar-refractivity contribution in [1.82, 2.24) is 0 Å². The predicted octanol–water partition coefficient (Wildman–Crippen LogP) is 3.28. The van der Waals surface area contributed by atoms with Crippen molar-refractivity contribution in [2.45, 2.75) is 19.3 Å². The van der Waals surface area contributed by atoms with Gasteiger partial charge < -0.3 is 9.52 Å². The SMILES string of the molecule is O=C(O)C1CCc2c(oc3cc(Cl)ccc23)C1. The Morgan fingerprint density at radius 3 is 3.06 bits per heavy atom. The van der Waals surface area contributed by atoms with E-state index in [1.807, 2.05) is 12.1 Å². The molecule has 0 saturated carbocycles. The lowest BCUT2D eigenvalue weighted by Gasteiger charge is -2.16. The third-order valence-corrected chi connectivity index (χ3v) is 3.60. The van der Waals surface area contributed by atoms with Gasteiger partial charge >= 0.3 is 5.97 Å². The second-order valence-corrected chi connectivity index (χ2v) is 4.86. The van der Waals surface area contributed by atoms with E-state index < -0.39 is 5.97 Å². The second-order valence-electron chi connectivity index (χ2n) is 4.42. The van der Waals surface area contributed by atoms with Gasteiger partial charge in [-0.2, -0.15) is 0 Å². The molecule has 1 unspecified atom stereocenters. The van der Waals surface area contributed by atoms with Crippen LogP contribution in [0.3, 0.4) is 0 Å². The molecule has 0 spiro atoms. The van der Waals surface area contributed by atoms with Gasteiger partial charge in [0, 0.05) is 28.5 Å². The molecule has 0 fully saturated rings. The van der Waals surface area contributed by atoms with E-state index in [4.69, 9.17) is 21.1 Å². The molecule has 0 saturated heterocycles. The highest BCUT2D eigenvalue weighted by molar-refractivity contribution is 6.31. The first kappa shape index (κ1) is 10.7. The number of aryl methyl sites for hydroxylation is 1. The van der Waals surface area contributed by atoms with Crippen LogP contribution in [-0.2, 0) is 17.6 Å². The molecular weight excluding hydrogens is 240 g/mol. The molecule has 1 heterocycles. The third kappa shape index (κ3) is 1.71. The molecule has 2 aromatic rings. The maximum Gasteiger partial charge on any atom is 0.306 e. The summed E-state index contributed by atoms with van der Waals surface area (Å²) in [6.07, 6.45) is 1.93. The molecule has 3 rings (SSSR count). The number of benzene rings is 1. The van der Waals surface area contributed by atoms with E-state index in [0.717, 1.165) is 28.7 Å². The zero-order chi connectivity index (χ0) is 12.0. The standard InChI is InChI=1S/C13H11ClO3/c14-8-2-4-10-9-3-1-7(13(15)16)5-11(9)17-12(10)6-8/h2,4,6-7H,1,3,5H2,(H,15,16). The number of halogens is 1. The minimum atomic E-state index is -0.742. The maximum atomic E-state index is 11.0. The van der Waals surface area contributed by atoms with Crippen LogP contribution in [0.2, 0.25) is 5.02 Å². The van der Waals surface area contributed by atoms with Crippen LogP contribution in [-0.4, -0.2) is 11.1 Å². The Morgan fingerprint density at radius 2 is 2.29 bits per heavy atom. The topological polar surface area (TPSA) is 50.4 Å². The van der Waals surface area contributed by atoms with E-state index in [1.54, 1.807) is 6.07 Å². The lowest BCUT2D eigenvalue weighted by molar-refractivity contribution is -0.142. The molecule has 1 aromatic carbocycles. The molecule has 1 aliphatic rings. The number of aliphatic carboxylic acids is 1. The number of furan rings is 1. The maximum absolute atomic E-state index is 11.0. The molecule has 0 aliphatic heterocycles. The fourth-order valence-corrected chi connectivity index (χ4v) is 2.63. The van der Waals surface area contributed by atoms with Gasteiger partial charge in [0.2, 0.25) is 0 Å². The molecule has 3 nitrogen and oxygen atoms in total. The summed E-state index contributed by atoms with van der Waals surface area (Å²) >= 11 is 5.91. The summed E-state index contributed by atoms with van der Waals surface area (Å²) in [7, 11) is 0. The first-order chi connectivity index (χ1) is 8.15. The first-order valence-electron chi connectivity index (χ1n) is 5.58. The largest absolute Gasteiger partial charge is 0.481 e. The number of carbonyl (C=O) groups is 1. The Balaban J connectivity index is 2.09. The number of carboxylic acid groups (broad SMARTS) is 1. The summed E-state index contributed by atoms with van der Waals surface area (Å²) in [5, 5.41) is 10.7. The summed E-state index contributed by atoms with van der Waals surface area (Å²) in [5.74, 6) is -0.256. The number of hydrogen-bond donors (Lipinski definition) is 1. The van der Waals surface area contributed by atoms with Crippen molar-refractivity contribution < 1.29 is 14.3 Å². The zero-order valence-corrected chi connectivity index (χ0v) is 9.83. The Hall–Kier alpha value is -1.48. The minimum absolute atomic E-state index is 0.321. The Morgan fingerprint density at radius 1 is 1.47 bits per heavy atom. The van der Waals surface area contributed by atoms with Crippen molar-refractivity contribution in [3.8, 4) is 0 Å². The number of carboxylic acids is 1. The lowest BCUT2D eigenvalue weighted by atomic mass is 9.87. The average Bonchev–Trinajstić information content (AvgIpc) is 2.64. The van der Waals surface area contributed by atoms with Crippen molar-refractivity contribution in [3.63, 3.8) is 0 Å². The molecule has 1 aromatic heterocycles. The van der Waals surface area contributed by atoms with Crippen LogP contribution in [0.25, 0.3) is 11.0 Å². The van der Waals surface area contributed by atoms with E-state index in [-0.39, 0.29) is 5.92 Å². The Kier molecular flexibility index (Phi) is 2.37. The lowest BCUT2D eigenvalue weighted by Crippen LogP contribution is -2.21. The third-order valence-electron chi connectivity index (χ3n) is 3.36. The Bertz CT molecular complexity index is 600. The summed E-state index contributed by atoms with van der Waals surface area (Å²) in [5.41, 5.74) is 1.91. The van der Waals surface area contributed by atoms with E-state index >= 15 is 0 Å². The normalized spacial score (nSPS) is 19.2. The number of hydrogen-bond acceptors (Lipinski definition) is 2. The second kappa shape index (κ2) is 3.77. The van der Waals surface area contributed by atoms with Gasteiger partial charge in [0.15, 0.2) is 0 Å². The Labute approximate surface area is 103 Å². The van der Waals surface area contributed by atoms with Crippen molar-refractivity contribution in [2.75, 3.05) is 0 Å². The molecule has 17 heavy (non-hydrogen) atoms. The van der Waals surface area contributed by atoms with Gasteiger partial charge in [0.1, 0.15) is 11.3 Å². The highest BCUT2D eigenvalue weighted by Gasteiger charge is 2.28. The zero-order valence-electron chi connectivity index (χ0n) is 9.07. The van der Waals surface area contributed by atoms with E-state index in [0.29, 0.717) is 17.9 Å². The van der Waals surface area contributed by atoms with Crippen molar-refractivity contribution >= 4 is 28.5 Å². The van der Waals surface area contributed by atoms with Crippen molar-refractivity contribution in [1.29, 1.82) is 0 Å². The van der Waals surface area contributed by atoms with Gasteiger partial charge in [-0.25, -0.2) is 0 Å². The number of fused-ring (bicyclic) bond motifs is 3. The monoisotopic (exact) mass is 250 g/mol. The highest BCUT2D eigenvalue weighted by atomic mass is 35.5. The molecule has 1 N–H and O–H groups in total. The number of rotatable bonds is 1. The summed E-state index contributed by atoms with van der Waals surface area (Å²) < 4.78 is 5.70. The van der Waals surface area contributed by atoms with Crippen molar-refractivity contribution in [2.24, 2.45) is 5.92 Å². The van der Waals surface area contributed by atoms with Crippen LogP contribution in [0.5, 0.6) is 0 Å². The van der Waals surface area contributed by atoms with Gasteiger partial charge in [0.25, 0.3) is 0 Å². The van der Waals surface area contributed by atoms with Crippen LogP contribution < -0.4 is 0 Å². The molecule has 88 valence electrons. The van der Waals surface area contributed by atoms with Gasteiger partial charge in [-0.1, -0.05) is 11.6 Å². The minimum Gasteiger partial charge on any atom is -0.481 e. The van der Waals surface area contributed by atoms with E-state index in [9.17, 15) is 4.79 Å². The molecule has 4 heteroatoms. The van der Waals surface area contributed by atoms with Crippen molar-refractivity contribution in [3.05, 3.63) is 34.5 Å². The van der Waals surface area contributed by atoms with Crippen LogP contribution in [0.4, 0.5) is 0 Å². The van der Waals surface area contributed by atoms with E-state index in [1.165, 1.54) is 0 Å². The van der Waals surface area contributed by atoms with Crippen LogP contribution in [0, 0.1) is 5.92 Å². The molecule has 1 atom stereocenters. The first-order valence-corrected chi connectivity index (χ1v) is 5.95. The summed E-state index contributed by atoms with van der Waals surface area (Å²) in [4.78, 5) is 11.0. The smallest absolute Gasteiger partial charge is 0.306 e. The fraction of sp³-hybridized carbons (Fsp3) is 0.308. The van der Waals surface area contributed by atoms with Crippen LogP contribution in [0.15, 0.2) is 22.6 Å². The van der Waals surface area contributed by atoms with Gasteiger partial charge in [-0.05, 0) is 25.0 Å². The fourth-order valence-electron chi connectivity index (χ4n) is 2.47. The molecule has 0 radical (unpaired) electrons. The van der Waals surface area contributed by atoms with Crippen LogP contribution >= 0.6 is 11.6 Å². The summed E-state index contributed by atoms with van der Waals surface area (Å²) in [6.45, 7) is 0. The predicted molar refractivity (Wildman–Crippen MR) is 64.4 cm³/mol. The average molecular weight is 251 g/mol. The molecule has 1 aliphatic carbocycles. The van der Waals surface area contributed by atoms with Crippen LogP contribution in [0.1, 0.15) is 17.7 Å².